The first-order valence-corrected chi connectivity index (χ1v) is 13.8. The van der Waals surface area contributed by atoms with Crippen LogP contribution in [0.5, 0.6) is 11.5 Å². The minimum Gasteiger partial charge on any atom is -0.486 e. The first-order chi connectivity index (χ1) is 18.7. The number of rotatable bonds is 6. The Morgan fingerprint density at radius 3 is 2.54 bits per heavy atom. The maximum absolute atomic E-state index is 13.3. The zero-order chi connectivity index (χ0) is 27.6. The van der Waals surface area contributed by atoms with E-state index in [2.05, 4.69) is 9.88 Å². The van der Waals surface area contributed by atoms with Gasteiger partial charge in [-0.1, -0.05) is 17.7 Å². The number of hydrogen-bond acceptors (Lipinski definition) is 7. The van der Waals surface area contributed by atoms with E-state index in [4.69, 9.17) is 25.8 Å². The second-order valence-electron chi connectivity index (χ2n) is 11.0. The van der Waals surface area contributed by atoms with Gasteiger partial charge in [0.25, 0.3) is 5.56 Å². The Labute approximate surface area is 233 Å². The molecule has 0 saturated carbocycles. The molecule has 4 heterocycles. The third-order valence-electron chi connectivity index (χ3n) is 7.04. The van der Waals surface area contributed by atoms with Gasteiger partial charge in [-0.2, -0.15) is 0 Å². The molecule has 0 radical (unpaired) electrons. The third kappa shape index (κ3) is 6.65. The highest BCUT2D eigenvalue weighted by Crippen LogP contribution is 2.30. The van der Waals surface area contributed by atoms with E-state index < -0.39 is 5.60 Å². The van der Waals surface area contributed by atoms with E-state index in [9.17, 15) is 9.59 Å². The molecule has 1 amide bonds. The number of nitrogens with zero attached hydrogens (tertiary/aromatic N) is 4. The van der Waals surface area contributed by atoms with Crippen LogP contribution in [0.4, 0.5) is 4.79 Å². The molecule has 1 aromatic carbocycles. The van der Waals surface area contributed by atoms with Crippen LogP contribution in [-0.2, 0) is 17.8 Å². The largest absolute Gasteiger partial charge is 0.486 e. The average Bonchev–Trinajstić information content (AvgIpc) is 2.90. The smallest absolute Gasteiger partial charge is 0.410 e. The van der Waals surface area contributed by atoms with E-state index in [0.29, 0.717) is 42.8 Å². The summed E-state index contributed by atoms with van der Waals surface area (Å²) in [5, 5.41) is 1.59. The topological polar surface area (TPSA) is 86.1 Å². The molecule has 2 aromatic heterocycles. The number of halogens is 1. The molecule has 208 valence electrons. The van der Waals surface area contributed by atoms with Gasteiger partial charge in [-0.25, -0.2) is 4.79 Å². The quantitative estimate of drug-likeness (QED) is 0.435. The fraction of sp³-hybridized carbons (Fsp3) is 0.483. The summed E-state index contributed by atoms with van der Waals surface area (Å²) in [6, 6.07) is 10.9. The van der Waals surface area contributed by atoms with E-state index in [1.54, 1.807) is 21.7 Å². The van der Waals surface area contributed by atoms with E-state index >= 15 is 0 Å². The summed E-state index contributed by atoms with van der Waals surface area (Å²) in [5.41, 5.74) is 0.919. The summed E-state index contributed by atoms with van der Waals surface area (Å²) in [7, 11) is 0. The predicted molar refractivity (Wildman–Crippen MR) is 150 cm³/mol. The van der Waals surface area contributed by atoms with Crippen molar-refractivity contribution in [2.45, 2.75) is 58.3 Å². The number of carbonyl (C=O) groups excluding carboxylic acids is 1. The van der Waals surface area contributed by atoms with E-state index in [1.165, 1.54) is 0 Å². The lowest BCUT2D eigenvalue weighted by Crippen LogP contribution is -2.49. The van der Waals surface area contributed by atoms with Gasteiger partial charge in [-0.05, 0) is 57.2 Å². The van der Waals surface area contributed by atoms with Gasteiger partial charge >= 0.3 is 6.09 Å². The molecule has 2 aliphatic rings. The Kier molecular flexibility index (Phi) is 8.00. The molecule has 0 unspecified atom stereocenters. The highest BCUT2D eigenvalue weighted by molar-refractivity contribution is 6.31. The molecule has 0 N–H and O–H groups in total. The van der Waals surface area contributed by atoms with Gasteiger partial charge in [0.1, 0.15) is 18.8 Å². The van der Waals surface area contributed by atoms with Crippen molar-refractivity contribution in [2.24, 2.45) is 0 Å². The highest BCUT2D eigenvalue weighted by atomic mass is 35.5. The average molecular weight is 555 g/mol. The fourth-order valence-corrected chi connectivity index (χ4v) is 5.27. The molecule has 1 saturated heterocycles. The van der Waals surface area contributed by atoms with Crippen LogP contribution in [0.15, 0.2) is 47.4 Å². The van der Waals surface area contributed by atoms with Gasteiger partial charge in [0, 0.05) is 49.4 Å². The zero-order valence-electron chi connectivity index (χ0n) is 22.7. The van der Waals surface area contributed by atoms with Crippen LogP contribution in [-0.4, -0.2) is 69.9 Å². The summed E-state index contributed by atoms with van der Waals surface area (Å²) in [6.07, 6.45) is 2.89. The normalized spacial score (nSPS) is 16.3. The molecule has 0 atom stereocenters. The molecule has 1 fully saturated rings. The number of benzene rings is 1. The molecular weight excluding hydrogens is 520 g/mol. The molecule has 5 rings (SSSR count). The number of likely N-dealkylation sites (tertiary alicyclic amines) is 1. The fourth-order valence-electron chi connectivity index (χ4n) is 5.10. The lowest BCUT2D eigenvalue weighted by molar-refractivity contribution is 0.00529. The lowest BCUT2D eigenvalue weighted by atomic mass is 10.0. The van der Waals surface area contributed by atoms with Crippen LogP contribution in [0, 0.1) is 0 Å². The van der Waals surface area contributed by atoms with Gasteiger partial charge in [0.05, 0.1) is 24.0 Å². The summed E-state index contributed by atoms with van der Waals surface area (Å²) in [4.78, 5) is 34.6. The van der Waals surface area contributed by atoms with Gasteiger partial charge in [0.15, 0.2) is 11.5 Å². The Bertz CT molecular complexity index is 1390. The molecule has 9 nitrogen and oxygen atoms in total. The van der Waals surface area contributed by atoms with Crippen molar-refractivity contribution in [1.29, 1.82) is 0 Å². The van der Waals surface area contributed by atoms with Gasteiger partial charge in [-0.3, -0.25) is 14.7 Å². The number of carbonyl (C=O) groups is 1. The minimum atomic E-state index is -0.606. The van der Waals surface area contributed by atoms with Crippen molar-refractivity contribution in [3.63, 3.8) is 0 Å². The van der Waals surface area contributed by atoms with Crippen LogP contribution >= 0.6 is 11.6 Å². The van der Waals surface area contributed by atoms with Gasteiger partial charge in [0.2, 0.25) is 0 Å². The number of aromatic nitrogens is 2. The zero-order valence-corrected chi connectivity index (χ0v) is 23.4. The van der Waals surface area contributed by atoms with Crippen LogP contribution in [0.3, 0.4) is 0 Å². The van der Waals surface area contributed by atoms with Crippen molar-refractivity contribution in [2.75, 3.05) is 32.8 Å². The molecule has 2 aliphatic heterocycles. The van der Waals surface area contributed by atoms with Crippen LogP contribution in [0.25, 0.3) is 10.9 Å². The van der Waals surface area contributed by atoms with Crippen LogP contribution in [0.2, 0.25) is 5.02 Å². The molecule has 0 spiro atoms. The SMILES string of the molecule is CC(C)(C)OC(=O)N(Cc1cc2c(cn1)OCCO2)C1CCN(CCn2c(=O)ccc3ccc(Cl)cc32)CC1. The Morgan fingerprint density at radius 1 is 1.08 bits per heavy atom. The molecule has 3 aromatic rings. The molecule has 10 heteroatoms. The third-order valence-corrected chi connectivity index (χ3v) is 7.27. The summed E-state index contributed by atoms with van der Waals surface area (Å²) >= 11 is 6.21. The monoisotopic (exact) mass is 554 g/mol. The minimum absolute atomic E-state index is 0.00480. The van der Waals surface area contributed by atoms with Crippen LogP contribution in [0.1, 0.15) is 39.3 Å². The number of fused-ring (bicyclic) bond motifs is 2. The number of pyridine rings is 2. The molecule has 39 heavy (non-hydrogen) atoms. The first kappa shape index (κ1) is 27.3. The number of ether oxygens (including phenoxy) is 3. The number of piperidine rings is 1. The summed E-state index contributed by atoms with van der Waals surface area (Å²) in [5.74, 6) is 1.27. The Balaban J connectivity index is 1.26. The van der Waals surface area contributed by atoms with Gasteiger partial charge in [-0.15, -0.1) is 0 Å². The first-order valence-electron chi connectivity index (χ1n) is 13.4. The predicted octanol–water partition coefficient (Wildman–Crippen LogP) is 4.72. The Hall–Kier alpha value is -3.30. The maximum Gasteiger partial charge on any atom is 0.410 e. The number of amides is 1. The Morgan fingerprint density at radius 2 is 1.79 bits per heavy atom. The summed E-state index contributed by atoms with van der Waals surface area (Å²) < 4.78 is 18.9. The van der Waals surface area contributed by atoms with Crippen molar-refractivity contribution in [3.05, 3.63) is 63.7 Å². The second kappa shape index (κ2) is 11.4. The van der Waals surface area contributed by atoms with Crippen LogP contribution < -0.4 is 15.0 Å². The standard InChI is InChI=1S/C29H35ClN4O5/c1-29(2,3)39-28(36)34(19-22-17-25-26(18-31-22)38-15-14-37-25)23-8-10-32(11-9-23)12-13-33-24-16-21(30)6-4-20(24)5-7-27(33)35/h4-7,16-18,23H,8-15,19H2,1-3H3. The van der Waals surface area contributed by atoms with Crippen molar-refractivity contribution < 1.29 is 19.0 Å². The molecule has 0 aliphatic carbocycles. The summed E-state index contributed by atoms with van der Waals surface area (Å²) in [6.45, 7) is 9.83. The number of hydrogen-bond donors (Lipinski definition) is 0. The van der Waals surface area contributed by atoms with E-state index in [-0.39, 0.29) is 17.7 Å². The molecule has 0 bridgehead atoms. The lowest BCUT2D eigenvalue weighted by Gasteiger charge is -2.39. The van der Waals surface area contributed by atoms with E-state index in [1.807, 2.05) is 51.1 Å². The van der Waals surface area contributed by atoms with E-state index in [0.717, 1.165) is 49.1 Å². The molecular formula is C29H35ClN4O5. The maximum atomic E-state index is 13.3. The van der Waals surface area contributed by atoms with Crippen molar-refractivity contribution in [1.82, 2.24) is 19.4 Å². The van der Waals surface area contributed by atoms with Crippen molar-refractivity contribution >= 4 is 28.6 Å². The van der Waals surface area contributed by atoms with Crippen molar-refractivity contribution in [3.8, 4) is 11.5 Å². The highest BCUT2D eigenvalue weighted by Gasteiger charge is 2.32. The van der Waals surface area contributed by atoms with Gasteiger partial charge < -0.3 is 23.7 Å². The second-order valence-corrected chi connectivity index (χ2v) is 11.5.